The first-order chi connectivity index (χ1) is 21.4. The molecule has 19 atom stereocenters. The first-order valence-corrected chi connectivity index (χ1v) is 18.7. The lowest BCUT2D eigenvalue weighted by Gasteiger charge is -2.40. The van der Waals surface area contributed by atoms with Gasteiger partial charge in [0.2, 0.25) is 0 Å². The van der Waals surface area contributed by atoms with Gasteiger partial charge in [0.05, 0.1) is 71.6 Å². The SMILES string of the molecule is CN1CCCC2C3NC(NC4NC(NC5NC(NC6NC(N3)C3C6CCC[NH+]3C)C3C5CCC[NH+]3C)C3C4CCC[NH+]3C)C21. The van der Waals surface area contributed by atoms with Crippen molar-refractivity contribution in [3.8, 4) is 0 Å². The topological polar surface area (TPSA) is 113 Å². The van der Waals surface area contributed by atoms with Crippen molar-refractivity contribution in [3.63, 3.8) is 0 Å². The molecule has 12 nitrogen and oxygen atoms in total. The Labute approximate surface area is 264 Å². The smallest absolute Gasteiger partial charge is 0.122 e. The van der Waals surface area contributed by atoms with Gasteiger partial charge in [-0.2, -0.15) is 0 Å². The maximum atomic E-state index is 4.28. The van der Waals surface area contributed by atoms with Gasteiger partial charge in [-0.25, -0.2) is 0 Å². The van der Waals surface area contributed by atoms with Crippen LogP contribution in [0.5, 0.6) is 0 Å². The number of nitrogens with zero attached hydrogens (tertiary/aromatic N) is 1. The Morgan fingerprint density at radius 3 is 1.18 bits per heavy atom. The summed E-state index contributed by atoms with van der Waals surface area (Å²) in [6.45, 7) is 5.05. The van der Waals surface area contributed by atoms with Crippen molar-refractivity contribution in [1.82, 2.24) is 47.4 Å². The van der Waals surface area contributed by atoms with E-state index in [1.165, 1.54) is 77.5 Å². The van der Waals surface area contributed by atoms with Crippen LogP contribution in [0, 0.1) is 23.7 Å². The van der Waals surface area contributed by atoms with Crippen LogP contribution in [0.2, 0.25) is 0 Å². The number of likely N-dealkylation sites (N-methyl/N-ethyl adjacent to an activating group) is 4. The molecule has 0 aromatic carbocycles. The maximum absolute atomic E-state index is 4.28. The average molecular weight is 616 g/mol. The van der Waals surface area contributed by atoms with Crippen LogP contribution < -0.4 is 57.2 Å². The second-order valence-electron chi connectivity index (χ2n) is 16.7. The normalized spacial score (nSPS) is 59.0. The maximum Gasteiger partial charge on any atom is 0.122 e. The van der Waals surface area contributed by atoms with Gasteiger partial charge in [-0.15, -0.1) is 0 Å². The van der Waals surface area contributed by atoms with Gasteiger partial charge in [-0.3, -0.25) is 42.5 Å². The molecule has 19 unspecified atom stereocenters. The van der Waals surface area contributed by atoms with E-state index in [1.54, 1.807) is 14.7 Å². The molecule has 8 bridgehead atoms. The van der Waals surface area contributed by atoms with Crippen molar-refractivity contribution < 1.29 is 14.7 Å². The molecule has 9 aliphatic heterocycles. The first-order valence-electron chi connectivity index (χ1n) is 18.7. The molecule has 9 saturated heterocycles. The summed E-state index contributed by atoms with van der Waals surface area (Å²) >= 11 is 0. The summed E-state index contributed by atoms with van der Waals surface area (Å²) in [4.78, 5) is 7.77. The number of piperidine rings is 4. The zero-order valence-corrected chi connectivity index (χ0v) is 27.7. The number of rotatable bonds is 0. The van der Waals surface area contributed by atoms with E-state index in [4.69, 9.17) is 0 Å². The highest BCUT2D eigenvalue weighted by atomic mass is 15.5. The second kappa shape index (κ2) is 11.6. The van der Waals surface area contributed by atoms with E-state index < -0.39 is 0 Å². The number of hydrogen-bond acceptors (Lipinski definition) is 9. The third-order valence-electron chi connectivity index (χ3n) is 14.4. The molecule has 0 aliphatic carbocycles. The lowest BCUT2D eigenvalue weighted by Crippen LogP contribution is -3.16. The van der Waals surface area contributed by atoms with Crippen LogP contribution in [0.4, 0.5) is 0 Å². The van der Waals surface area contributed by atoms with Crippen LogP contribution in [-0.2, 0) is 0 Å². The van der Waals surface area contributed by atoms with Crippen molar-refractivity contribution >= 4 is 0 Å². The number of likely N-dealkylation sites (tertiary alicyclic amines) is 4. The van der Waals surface area contributed by atoms with Crippen molar-refractivity contribution in [3.05, 3.63) is 0 Å². The molecule has 0 spiro atoms. The molecule has 11 N–H and O–H groups in total. The van der Waals surface area contributed by atoms with E-state index in [1.807, 2.05) is 0 Å². The molecule has 9 heterocycles. The fraction of sp³-hybridized carbons (Fsp3) is 1.00. The molecular weight excluding hydrogens is 552 g/mol. The van der Waals surface area contributed by atoms with Crippen molar-refractivity contribution in [2.24, 2.45) is 23.7 Å². The van der Waals surface area contributed by atoms with Crippen molar-refractivity contribution in [1.29, 1.82) is 0 Å². The summed E-state index contributed by atoms with van der Waals surface area (Å²) in [5.74, 6) is 2.54. The summed E-state index contributed by atoms with van der Waals surface area (Å²) in [5, 5.41) is 33.9. The minimum Gasteiger partial charge on any atom is -0.332 e. The molecule has 44 heavy (non-hydrogen) atoms. The number of nitrogens with one attached hydrogen (secondary N) is 11. The Kier molecular flexibility index (Phi) is 7.81. The third kappa shape index (κ3) is 4.77. The van der Waals surface area contributed by atoms with Crippen molar-refractivity contribution in [2.45, 2.75) is 125 Å². The van der Waals surface area contributed by atoms with E-state index in [2.05, 4.69) is 75.6 Å². The van der Waals surface area contributed by atoms with Gasteiger partial charge in [-0.1, -0.05) is 0 Å². The fourth-order valence-corrected chi connectivity index (χ4v) is 12.5. The minimum absolute atomic E-state index is 0.284. The Hall–Kier alpha value is -0.480. The molecule has 0 aromatic rings. The Morgan fingerprint density at radius 1 is 0.432 bits per heavy atom. The quantitative estimate of drug-likeness (QED) is 0.130. The van der Waals surface area contributed by atoms with E-state index in [9.17, 15) is 0 Å². The highest BCUT2D eigenvalue weighted by molar-refractivity contribution is 5.10. The zero-order valence-electron chi connectivity index (χ0n) is 27.7. The van der Waals surface area contributed by atoms with E-state index >= 15 is 0 Å². The van der Waals surface area contributed by atoms with E-state index in [-0.39, 0.29) is 6.17 Å². The molecule has 9 fully saturated rings. The highest BCUT2D eigenvalue weighted by Crippen LogP contribution is 2.35. The molecular formula is C32H63N12+3. The lowest BCUT2D eigenvalue weighted by atomic mass is 9.86. The van der Waals surface area contributed by atoms with E-state index in [0.717, 1.165) is 0 Å². The van der Waals surface area contributed by atoms with Gasteiger partial charge in [-0.05, 0) is 65.0 Å². The summed E-state index contributed by atoms with van der Waals surface area (Å²) in [5.41, 5.74) is 0. The highest BCUT2D eigenvalue weighted by Gasteiger charge is 2.59. The average Bonchev–Trinajstić information content (AvgIpc) is 3.74. The number of quaternary nitrogens is 3. The fourth-order valence-electron chi connectivity index (χ4n) is 12.5. The Morgan fingerprint density at radius 2 is 0.773 bits per heavy atom. The minimum atomic E-state index is 0.284. The Balaban J connectivity index is 1.08. The van der Waals surface area contributed by atoms with Crippen LogP contribution in [0.25, 0.3) is 0 Å². The van der Waals surface area contributed by atoms with Crippen LogP contribution in [0.1, 0.15) is 51.4 Å². The summed E-state index contributed by atoms with van der Waals surface area (Å²) < 4.78 is 0. The van der Waals surface area contributed by atoms with E-state index in [0.29, 0.717) is 91.0 Å². The molecule has 0 saturated carbocycles. The predicted molar refractivity (Wildman–Crippen MR) is 169 cm³/mol. The summed E-state index contributed by atoms with van der Waals surface area (Å²) in [6, 6.07) is 2.29. The lowest BCUT2D eigenvalue weighted by molar-refractivity contribution is -0.917. The standard InChI is InChI=1S/C32H60N12/c1-41-13-5-9-17-21(41)29-33-25(17)38-30-23-19(11-7-15-43(23)3)27(35-30)40-32-24-20(12-8-16-44(24)4)28(36-32)39-31-22-18(26(34-31)37-29)10-6-14-42(22)2/h17-40H,5-16H2,1-4H3/p+3. The number of fused-ring (bicyclic) bond motifs is 20. The molecule has 0 radical (unpaired) electrons. The monoisotopic (exact) mass is 616 g/mol. The van der Waals surface area contributed by atoms with Crippen molar-refractivity contribution in [2.75, 3.05) is 54.4 Å². The summed E-state index contributed by atoms with van der Waals surface area (Å²) in [7, 11) is 9.73. The summed E-state index contributed by atoms with van der Waals surface area (Å²) in [6.07, 6.45) is 13.1. The first kappa shape index (κ1) is 29.6. The molecule has 0 aromatic heterocycles. The third-order valence-corrected chi connectivity index (χ3v) is 14.4. The van der Waals surface area contributed by atoms with Crippen LogP contribution in [0.15, 0.2) is 0 Å². The van der Waals surface area contributed by atoms with Gasteiger partial charge in [0.1, 0.15) is 36.6 Å². The molecule has 248 valence electrons. The molecule has 9 aliphatic rings. The molecule has 9 rings (SSSR count). The van der Waals surface area contributed by atoms with Gasteiger partial charge in [0, 0.05) is 29.7 Å². The van der Waals surface area contributed by atoms with Gasteiger partial charge < -0.3 is 19.6 Å². The molecule has 0 amide bonds. The van der Waals surface area contributed by atoms with Crippen LogP contribution in [-0.4, -0.2) is 133 Å². The predicted octanol–water partition coefficient (Wildman–Crippen LogP) is -6.03. The molecule has 12 heteroatoms. The van der Waals surface area contributed by atoms with Gasteiger partial charge >= 0.3 is 0 Å². The van der Waals surface area contributed by atoms with Gasteiger partial charge in [0.15, 0.2) is 0 Å². The second-order valence-corrected chi connectivity index (χ2v) is 16.7. The van der Waals surface area contributed by atoms with Crippen LogP contribution in [0.3, 0.4) is 0 Å². The zero-order chi connectivity index (χ0) is 29.7. The van der Waals surface area contributed by atoms with Gasteiger partial charge in [0.25, 0.3) is 0 Å². The largest absolute Gasteiger partial charge is 0.332 e. The van der Waals surface area contributed by atoms with Crippen LogP contribution >= 0.6 is 0 Å². The number of hydrogen-bond donors (Lipinski definition) is 11. The Bertz CT molecular complexity index is 889.